The zero-order valence-electron chi connectivity index (χ0n) is 10.2. The molecule has 0 spiro atoms. The Morgan fingerprint density at radius 3 is 2.44 bits per heavy atom. The lowest BCUT2D eigenvalue weighted by molar-refractivity contribution is -0.131. The molecule has 0 radical (unpaired) electrons. The lowest BCUT2D eigenvalue weighted by Gasteiger charge is -2.31. The first-order chi connectivity index (χ1) is 8.69. The Balaban J connectivity index is 1.87. The minimum Gasteiger partial charge on any atom is -0.342 e. The average molecular weight is 331 g/mol. The zero-order chi connectivity index (χ0) is 13.0. The molecule has 1 fully saturated rings. The molecule has 0 aromatic heterocycles. The zero-order valence-corrected chi connectivity index (χ0v) is 12.6. The summed E-state index contributed by atoms with van der Waals surface area (Å²) in [6, 6.07) is 7.51. The molecule has 1 heterocycles. The van der Waals surface area contributed by atoms with Crippen LogP contribution >= 0.6 is 27.5 Å². The van der Waals surface area contributed by atoms with Crippen molar-refractivity contribution in [3.05, 3.63) is 34.9 Å². The minimum absolute atomic E-state index is 0.227. The normalized spacial score (nSPS) is 16.9. The first-order valence-electron chi connectivity index (χ1n) is 6.27. The summed E-state index contributed by atoms with van der Waals surface area (Å²) in [6.45, 7) is 1.78. The van der Waals surface area contributed by atoms with Gasteiger partial charge in [-0.3, -0.25) is 4.79 Å². The summed E-state index contributed by atoms with van der Waals surface area (Å²) in [6.07, 6.45) is 2.70. The molecule has 1 aliphatic heterocycles. The van der Waals surface area contributed by atoms with Crippen LogP contribution in [0, 0.1) is 5.92 Å². The van der Waals surface area contributed by atoms with Crippen LogP contribution in [0.25, 0.3) is 0 Å². The first-order valence-corrected chi connectivity index (χ1v) is 7.77. The third-order valence-electron chi connectivity index (χ3n) is 3.45. The van der Waals surface area contributed by atoms with Crippen molar-refractivity contribution < 1.29 is 4.79 Å². The number of carbonyl (C=O) groups is 1. The number of benzene rings is 1. The van der Waals surface area contributed by atoms with Crippen molar-refractivity contribution in [1.29, 1.82) is 0 Å². The monoisotopic (exact) mass is 329 g/mol. The van der Waals surface area contributed by atoms with E-state index in [9.17, 15) is 4.79 Å². The smallest absolute Gasteiger partial charge is 0.226 e. The maximum atomic E-state index is 12.1. The summed E-state index contributed by atoms with van der Waals surface area (Å²) in [7, 11) is 0. The van der Waals surface area contributed by atoms with Gasteiger partial charge in [0, 0.05) is 23.4 Å². The van der Waals surface area contributed by atoms with Crippen LogP contribution in [0.5, 0.6) is 0 Å². The van der Waals surface area contributed by atoms with E-state index in [0.717, 1.165) is 42.7 Å². The number of likely N-dealkylation sites (tertiary alicyclic amines) is 1. The number of rotatable bonds is 3. The van der Waals surface area contributed by atoms with Crippen molar-refractivity contribution in [3.8, 4) is 0 Å². The van der Waals surface area contributed by atoms with Crippen LogP contribution in [0.3, 0.4) is 0 Å². The van der Waals surface area contributed by atoms with Gasteiger partial charge in [0.25, 0.3) is 0 Å². The number of nitrogens with zero attached hydrogens (tertiary/aromatic N) is 1. The maximum absolute atomic E-state index is 12.1. The number of piperidine rings is 1. The number of hydrogen-bond donors (Lipinski definition) is 0. The van der Waals surface area contributed by atoms with Gasteiger partial charge >= 0.3 is 0 Å². The van der Waals surface area contributed by atoms with Gasteiger partial charge in [-0.25, -0.2) is 0 Å². The van der Waals surface area contributed by atoms with Crippen molar-refractivity contribution in [2.24, 2.45) is 5.92 Å². The van der Waals surface area contributed by atoms with Crippen molar-refractivity contribution in [3.63, 3.8) is 0 Å². The Hall–Kier alpha value is -0.540. The van der Waals surface area contributed by atoms with Gasteiger partial charge in [0.05, 0.1) is 6.42 Å². The van der Waals surface area contributed by atoms with Gasteiger partial charge < -0.3 is 4.90 Å². The van der Waals surface area contributed by atoms with Crippen molar-refractivity contribution in [2.45, 2.75) is 19.3 Å². The lowest BCUT2D eigenvalue weighted by Crippen LogP contribution is -2.39. The van der Waals surface area contributed by atoms with E-state index in [1.54, 1.807) is 0 Å². The molecular weight excluding hydrogens is 314 g/mol. The third kappa shape index (κ3) is 3.72. The van der Waals surface area contributed by atoms with Crippen LogP contribution in [0.15, 0.2) is 24.3 Å². The topological polar surface area (TPSA) is 20.3 Å². The standard InChI is InChI=1S/C14H17BrClNO/c15-10-12-5-7-17(8-6-12)14(18)9-11-1-3-13(16)4-2-11/h1-4,12H,5-10H2. The molecule has 0 bridgehead atoms. The number of alkyl halides is 1. The molecule has 98 valence electrons. The Morgan fingerprint density at radius 2 is 1.89 bits per heavy atom. The van der Waals surface area contributed by atoms with E-state index in [0.29, 0.717) is 11.4 Å². The van der Waals surface area contributed by atoms with E-state index in [4.69, 9.17) is 11.6 Å². The van der Waals surface area contributed by atoms with Gasteiger partial charge in [0.15, 0.2) is 0 Å². The van der Waals surface area contributed by atoms with Crippen molar-refractivity contribution >= 4 is 33.4 Å². The molecule has 0 aliphatic carbocycles. The summed E-state index contributed by atoms with van der Waals surface area (Å²) in [5.74, 6) is 0.954. The predicted molar refractivity (Wildman–Crippen MR) is 78.3 cm³/mol. The van der Waals surface area contributed by atoms with E-state index in [-0.39, 0.29) is 5.91 Å². The molecule has 1 amide bonds. The van der Waals surface area contributed by atoms with Gasteiger partial charge in [0.1, 0.15) is 0 Å². The van der Waals surface area contributed by atoms with Crippen LogP contribution in [0.4, 0.5) is 0 Å². The Bertz CT molecular complexity index is 399. The van der Waals surface area contributed by atoms with E-state index < -0.39 is 0 Å². The molecule has 2 nitrogen and oxygen atoms in total. The van der Waals surface area contributed by atoms with Crippen LogP contribution in [-0.2, 0) is 11.2 Å². The molecular formula is C14H17BrClNO. The van der Waals surface area contributed by atoms with Gasteiger partial charge in [-0.2, -0.15) is 0 Å². The summed E-state index contributed by atoms with van der Waals surface area (Å²) < 4.78 is 0. The number of amides is 1. The van der Waals surface area contributed by atoms with Gasteiger partial charge in [-0.05, 0) is 36.5 Å². The third-order valence-corrected chi connectivity index (χ3v) is 4.62. The largest absolute Gasteiger partial charge is 0.342 e. The van der Waals surface area contributed by atoms with Crippen LogP contribution in [0.1, 0.15) is 18.4 Å². The molecule has 1 aliphatic rings. The van der Waals surface area contributed by atoms with Crippen molar-refractivity contribution in [2.75, 3.05) is 18.4 Å². The molecule has 0 N–H and O–H groups in total. The predicted octanol–water partition coefficient (Wildman–Crippen LogP) is 3.52. The highest BCUT2D eigenvalue weighted by Crippen LogP contribution is 2.20. The summed E-state index contributed by atoms with van der Waals surface area (Å²) >= 11 is 9.34. The summed E-state index contributed by atoms with van der Waals surface area (Å²) in [5, 5.41) is 1.76. The number of hydrogen-bond acceptors (Lipinski definition) is 1. The Morgan fingerprint density at radius 1 is 1.28 bits per heavy atom. The van der Waals surface area contributed by atoms with Gasteiger partial charge in [-0.15, -0.1) is 0 Å². The quantitative estimate of drug-likeness (QED) is 0.777. The highest BCUT2D eigenvalue weighted by atomic mass is 79.9. The second-order valence-electron chi connectivity index (χ2n) is 4.78. The van der Waals surface area contributed by atoms with E-state index in [1.165, 1.54) is 0 Å². The molecule has 18 heavy (non-hydrogen) atoms. The molecule has 0 saturated carbocycles. The molecule has 1 aromatic carbocycles. The summed E-state index contributed by atoms with van der Waals surface area (Å²) in [5.41, 5.74) is 1.03. The van der Waals surface area contributed by atoms with Crippen LogP contribution in [-0.4, -0.2) is 29.2 Å². The molecule has 2 rings (SSSR count). The van der Waals surface area contributed by atoms with Gasteiger partial charge in [-0.1, -0.05) is 39.7 Å². The van der Waals surface area contributed by atoms with E-state index >= 15 is 0 Å². The SMILES string of the molecule is O=C(Cc1ccc(Cl)cc1)N1CCC(CBr)CC1. The van der Waals surface area contributed by atoms with Crippen LogP contribution < -0.4 is 0 Å². The van der Waals surface area contributed by atoms with Gasteiger partial charge in [0.2, 0.25) is 5.91 Å². The van der Waals surface area contributed by atoms with Crippen molar-refractivity contribution in [1.82, 2.24) is 4.90 Å². The summed E-state index contributed by atoms with van der Waals surface area (Å²) in [4.78, 5) is 14.1. The molecule has 4 heteroatoms. The minimum atomic E-state index is 0.227. The maximum Gasteiger partial charge on any atom is 0.226 e. The number of halogens is 2. The van der Waals surface area contributed by atoms with Crippen LogP contribution in [0.2, 0.25) is 5.02 Å². The fraction of sp³-hybridized carbons (Fsp3) is 0.500. The second-order valence-corrected chi connectivity index (χ2v) is 5.87. The highest BCUT2D eigenvalue weighted by molar-refractivity contribution is 9.09. The molecule has 0 atom stereocenters. The fourth-order valence-corrected chi connectivity index (χ4v) is 3.00. The Kier molecular flexibility index (Phi) is 5.07. The Labute approximate surface area is 121 Å². The molecule has 1 saturated heterocycles. The number of carbonyl (C=O) groups excluding carboxylic acids is 1. The fourth-order valence-electron chi connectivity index (χ4n) is 2.23. The first kappa shape index (κ1) is 13.9. The lowest BCUT2D eigenvalue weighted by atomic mass is 9.98. The van der Waals surface area contributed by atoms with E-state index in [2.05, 4.69) is 15.9 Å². The highest BCUT2D eigenvalue weighted by Gasteiger charge is 2.21. The average Bonchev–Trinajstić information content (AvgIpc) is 2.41. The second kappa shape index (κ2) is 6.58. The molecule has 1 aromatic rings. The molecule has 0 unspecified atom stereocenters. The van der Waals surface area contributed by atoms with E-state index in [1.807, 2.05) is 29.2 Å².